The number of rotatable bonds is 6. The van der Waals surface area contributed by atoms with Crippen LogP contribution in [0.4, 0.5) is 0 Å². The van der Waals surface area contributed by atoms with Gasteiger partial charge in [-0.3, -0.25) is 9.98 Å². The number of nitrogens with zero attached hydrogens (tertiary/aromatic N) is 2. The zero-order valence-electron chi connectivity index (χ0n) is 15.6. The zero-order valence-corrected chi connectivity index (χ0v) is 15.6. The summed E-state index contributed by atoms with van der Waals surface area (Å²) in [7, 11) is 0. The zero-order chi connectivity index (χ0) is 18.4. The van der Waals surface area contributed by atoms with Gasteiger partial charge in [-0.15, -0.1) is 0 Å². The summed E-state index contributed by atoms with van der Waals surface area (Å²) in [5.41, 5.74) is 3.14. The number of nitrogens with one attached hydrogen (secondary N) is 2. The summed E-state index contributed by atoms with van der Waals surface area (Å²) >= 11 is 0. The topological polar surface area (TPSA) is 62.5 Å². The molecule has 3 aromatic rings. The minimum Gasteiger partial charge on any atom is -0.459 e. The first-order valence-corrected chi connectivity index (χ1v) is 9.10. The molecule has 0 saturated carbocycles. The second-order valence-corrected chi connectivity index (χ2v) is 6.37. The van der Waals surface area contributed by atoms with Crippen LogP contribution in [0.2, 0.25) is 0 Å². The Morgan fingerprint density at radius 2 is 2.08 bits per heavy atom. The molecule has 26 heavy (non-hydrogen) atoms. The van der Waals surface area contributed by atoms with E-state index in [1.165, 1.54) is 5.56 Å². The van der Waals surface area contributed by atoms with Crippen molar-refractivity contribution in [2.75, 3.05) is 13.1 Å². The Balaban J connectivity index is 1.63. The number of aromatic nitrogens is 1. The summed E-state index contributed by atoms with van der Waals surface area (Å²) in [5.74, 6) is 1.69. The van der Waals surface area contributed by atoms with Crippen LogP contribution in [-0.4, -0.2) is 24.0 Å². The van der Waals surface area contributed by atoms with Gasteiger partial charge >= 0.3 is 0 Å². The minimum atomic E-state index is 0.0289. The predicted molar refractivity (Wildman–Crippen MR) is 106 cm³/mol. The average molecular weight is 350 g/mol. The molecule has 136 valence electrons. The maximum Gasteiger partial charge on any atom is 0.191 e. The van der Waals surface area contributed by atoms with E-state index < -0.39 is 0 Å². The van der Waals surface area contributed by atoms with Crippen LogP contribution in [-0.2, 0) is 6.42 Å². The Morgan fingerprint density at radius 3 is 2.81 bits per heavy atom. The van der Waals surface area contributed by atoms with Gasteiger partial charge in [-0.1, -0.05) is 24.3 Å². The van der Waals surface area contributed by atoms with Gasteiger partial charge in [0, 0.05) is 30.4 Å². The highest BCUT2D eigenvalue weighted by Gasteiger charge is 2.12. The standard InChI is InChI=1S/C21H26N4O/c1-4-22-21(23-12-11-17-10-9-15(2)24-14-17)25-16(3)20-13-18-7-5-6-8-19(18)26-20/h5-10,13-14,16H,4,11-12H2,1-3H3,(H2,22,23,25). The molecular formula is C21H26N4O. The summed E-state index contributed by atoms with van der Waals surface area (Å²) in [6, 6.07) is 14.3. The molecule has 0 aliphatic heterocycles. The molecule has 0 fully saturated rings. The fraction of sp³-hybridized carbons (Fsp3) is 0.333. The highest BCUT2D eigenvalue weighted by Crippen LogP contribution is 2.23. The average Bonchev–Trinajstić information content (AvgIpc) is 3.08. The van der Waals surface area contributed by atoms with Gasteiger partial charge in [-0.2, -0.15) is 0 Å². The Kier molecular flexibility index (Phi) is 5.89. The van der Waals surface area contributed by atoms with Crippen LogP contribution >= 0.6 is 0 Å². The second kappa shape index (κ2) is 8.52. The van der Waals surface area contributed by atoms with Crippen LogP contribution in [0.1, 0.15) is 36.9 Å². The first kappa shape index (κ1) is 18.0. The van der Waals surface area contributed by atoms with Gasteiger partial charge in [0.15, 0.2) is 5.96 Å². The maximum atomic E-state index is 5.94. The number of hydrogen-bond donors (Lipinski definition) is 2. The molecule has 5 heteroatoms. The first-order valence-electron chi connectivity index (χ1n) is 9.10. The molecule has 0 amide bonds. The number of guanidine groups is 1. The van der Waals surface area contributed by atoms with Crippen molar-refractivity contribution in [1.29, 1.82) is 0 Å². The maximum absolute atomic E-state index is 5.94. The van der Waals surface area contributed by atoms with Gasteiger partial charge in [-0.25, -0.2) is 0 Å². The monoisotopic (exact) mass is 350 g/mol. The smallest absolute Gasteiger partial charge is 0.191 e. The van der Waals surface area contributed by atoms with E-state index in [2.05, 4.69) is 52.7 Å². The summed E-state index contributed by atoms with van der Waals surface area (Å²) in [4.78, 5) is 9.01. The van der Waals surface area contributed by atoms with Crippen LogP contribution in [0.3, 0.4) is 0 Å². The Hall–Kier alpha value is -2.82. The fourth-order valence-electron chi connectivity index (χ4n) is 2.76. The van der Waals surface area contributed by atoms with E-state index in [4.69, 9.17) is 4.42 Å². The minimum absolute atomic E-state index is 0.0289. The Morgan fingerprint density at radius 1 is 1.23 bits per heavy atom. The van der Waals surface area contributed by atoms with Crippen molar-refractivity contribution in [2.45, 2.75) is 33.2 Å². The highest BCUT2D eigenvalue weighted by molar-refractivity contribution is 5.81. The van der Waals surface area contributed by atoms with E-state index in [0.717, 1.165) is 41.3 Å². The van der Waals surface area contributed by atoms with Gasteiger partial charge < -0.3 is 15.1 Å². The van der Waals surface area contributed by atoms with Crippen molar-refractivity contribution in [2.24, 2.45) is 4.99 Å². The molecular weight excluding hydrogens is 324 g/mol. The van der Waals surface area contributed by atoms with E-state index in [1.807, 2.05) is 37.4 Å². The quantitative estimate of drug-likeness (QED) is 0.521. The molecule has 0 bridgehead atoms. The molecule has 1 aromatic carbocycles. The van der Waals surface area contributed by atoms with E-state index in [0.29, 0.717) is 6.54 Å². The summed E-state index contributed by atoms with van der Waals surface area (Å²) in [6.45, 7) is 7.65. The van der Waals surface area contributed by atoms with Gasteiger partial charge in [-0.05, 0) is 51.0 Å². The lowest BCUT2D eigenvalue weighted by Gasteiger charge is -2.16. The Labute approximate surface area is 154 Å². The molecule has 0 saturated heterocycles. The van der Waals surface area contributed by atoms with Crippen LogP contribution in [0.25, 0.3) is 11.0 Å². The number of aryl methyl sites for hydroxylation is 1. The molecule has 5 nitrogen and oxygen atoms in total. The molecule has 0 aliphatic rings. The number of aliphatic imine (C=N–C) groups is 1. The number of pyridine rings is 1. The molecule has 3 rings (SSSR count). The van der Waals surface area contributed by atoms with Crippen molar-refractivity contribution in [3.8, 4) is 0 Å². The molecule has 0 radical (unpaired) electrons. The molecule has 2 aromatic heterocycles. The van der Waals surface area contributed by atoms with Gasteiger partial charge in [0.05, 0.1) is 6.04 Å². The molecule has 0 aliphatic carbocycles. The van der Waals surface area contributed by atoms with Crippen LogP contribution in [0.15, 0.2) is 58.1 Å². The molecule has 0 spiro atoms. The van der Waals surface area contributed by atoms with Gasteiger partial charge in [0.25, 0.3) is 0 Å². The predicted octanol–water partition coefficient (Wildman–Crippen LogP) is 4.00. The lowest BCUT2D eigenvalue weighted by Crippen LogP contribution is -2.38. The molecule has 2 heterocycles. The van der Waals surface area contributed by atoms with Crippen molar-refractivity contribution >= 4 is 16.9 Å². The van der Waals surface area contributed by atoms with E-state index in [1.54, 1.807) is 0 Å². The number of benzene rings is 1. The third-order valence-corrected chi connectivity index (χ3v) is 4.21. The van der Waals surface area contributed by atoms with Crippen molar-refractivity contribution in [3.63, 3.8) is 0 Å². The number of furan rings is 1. The van der Waals surface area contributed by atoms with E-state index >= 15 is 0 Å². The molecule has 1 unspecified atom stereocenters. The van der Waals surface area contributed by atoms with Crippen LogP contribution < -0.4 is 10.6 Å². The Bertz CT molecular complexity index is 834. The first-order chi connectivity index (χ1) is 12.7. The summed E-state index contributed by atoms with van der Waals surface area (Å²) < 4.78 is 5.94. The largest absolute Gasteiger partial charge is 0.459 e. The normalized spacial score (nSPS) is 13.0. The number of hydrogen-bond acceptors (Lipinski definition) is 3. The van der Waals surface area contributed by atoms with Gasteiger partial charge in [0.2, 0.25) is 0 Å². The van der Waals surface area contributed by atoms with E-state index in [9.17, 15) is 0 Å². The lowest BCUT2D eigenvalue weighted by molar-refractivity contribution is 0.488. The van der Waals surface area contributed by atoms with E-state index in [-0.39, 0.29) is 6.04 Å². The third kappa shape index (κ3) is 4.63. The summed E-state index contributed by atoms with van der Waals surface area (Å²) in [5, 5.41) is 7.83. The van der Waals surface area contributed by atoms with Crippen molar-refractivity contribution in [3.05, 3.63) is 65.7 Å². The van der Waals surface area contributed by atoms with Crippen molar-refractivity contribution in [1.82, 2.24) is 15.6 Å². The summed E-state index contributed by atoms with van der Waals surface area (Å²) in [6.07, 6.45) is 2.78. The van der Waals surface area contributed by atoms with Crippen molar-refractivity contribution < 1.29 is 4.42 Å². The third-order valence-electron chi connectivity index (χ3n) is 4.21. The number of para-hydroxylation sites is 1. The molecule has 2 N–H and O–H groups in total. The van der Waals surface area contributed by atoms with Gasteiger partial charge in [0.1, 0.15) is 11.3 Å². The SMILES string of the molecule is CCNC(=NCCc1ccc(C)nc1)NC(C)c1cc2ccccc2o1. The highest BCUT2D eigenvalue weighted by atomic mass is 16.3. The van der Waals surface area contributed by atoms with Crippen LogP contribution in [0.5, 0.6) is 0 Å². The lowest BCUT2D eigenvalue weighted by atomic mass is 10.2. The molecule has 1 atom stereocenters. The van der Waals surface area contributed by atoms with Crippen LogP contribution in [0, 0.1) is 6.92 Å². The number of fused-ring (bicyclic) bond motifs is 1. The fourth-order valence-corrected chi connectivity index (χ4v) is 2.76. The second-order valence-electron chi connectivity index (χ2n) is 6.37.